The van der Waals surface area contributed by atoms with Crippen LogP contribution in [-0.4, -0.2) is 35.0 Å². The van der Waals surface area contributed by atoms with Gasteiger partial charge in [-0.2, -0.15) is 0 Å². The third-order valence-electron chi connectivity index (χ3n) is 2.46. The summed E-state index contributed by atoms with van der Waals surface area (Å²) in [6, 6.07) is 9.56. The Morgan fingerprint density at radius 1 is 1.33 bits per heavy atom. The number of benzene rings is 1. The minimum atomic E-state index is -0.830. The number of thioether (sulfide) groups is 1. The first-order valence-corrected chi connectivity index (χ1v) is 6.89. The second-order valence-corrected chi connectivity index (χ2v) is 4.97. The van der Waals surface area contributed by atoms with Crippen molar-refractivity contribution in [1.29, 1.82) is 0 Å². The van der Waals surface area contributed by atoms with Crippen LogP contribution in [0.2, 0.25) is 0 Å². The van der Waals surface area contributed by atoms with E-state index in [2.05, 4.69) is 5.32 Å². The van der Waals surface area contributed by atoms with Crippen LogP contribution < -0.4 is 5.32 Å². The molecule has 98 valence electrons. The molecule has 0 aromatic heterocycles. The Bertz CT molecular complexity index is 394. The molecule has 1 atom stereocenters. The van der Waals surface area contributed by atoms with E-state index in [1.807, 2.05) is 37.3 Å². The minimum Gasteiger partial charge on any atom is -0.481 e. The molecule has 0 heterocycles. The molecule has 1 aromatic rings. The second-order valence-electron chi connectivity index (χ2n) is 3.87. The summed E-state index contributed by atoms with van der Waals surface area (Å²) in [5, 5.41) is 11.3. The Kier molecular flexibility index (Phi) is 6.28. The van der Waals surface area contributed by atoms with E-state index >= 15 is 0 Å². The highest BCUT2D eigenvalue weighted by molar-refractivity contribution is 7.99. The van der Waals surface area contributed by atoms with Crippen molar-refractivity contribution < 1.29 is 14.7 Å². The molecule has 0 saturated heterocycles. The monoisotopic (exact) mass is 267 g/mol. The fraction of sp³-hybridized carbons (Fsp3) is 0.385. The molecule has 18 heavy (non-hydrogen) atoms. The van der Waals surface area contributed by atoms with E-state index in [1.54, 1.807) is 0 Å². The van der Waals surface area contributed by atoms with Crippen molar-refractivity contribution in [1.82, 2.24) is 5.32 Å². The Labute approximate surface area is 111 Å². The van der Waals surface area contributed by atoms with Crippen LogP contribution in [0.25, 0.3) is 0 Å². The van der Waals surface area contributed by atoms with Gasteiger partial charge in [-0.25, -0.2) is 0 Å². The Balaban J connectivity index is 2.26. The molecule has 0 radical (unpaired) electrons. The van der Waals surface area contributed by atoms with Gasteiger partial charge in [0.2, 0.25) is 5.91 Å². The SMILES string of the molecule is CC(C(=O)NCCSCC(=O)O)c1ccccc1. The molecule has 0 spiro atoms. The molecular formula is C13H17NO3S. The average Bonchev–Trinajstić information content (AvgIpc) is 2.38. The summed E-state index contributed by atoms with van der Waals surface area (Å²) in [4.78, 5) is 22.1. The normalized spacial score (nSPS) is 11.8. The van der Waals surface area contributed by atoms with E-state index in [9.17, 15) is 9.59 Å². The van der Waals surface area contributed by atoms with Gasteiger partial charge in [-0.05, 0) is 12.5 Å². The predicted octanol–water partition coefficient (Wildman–Crippen LogP) is 1.72. The molecule has 4 nitrogen and oxygen atoms in total. The third kappa shape index (κ3) is 5.23. The van der Waals surface area contributed by atoms with Crippen molar-refractivity contribution in [3.8, 4) is 0 Å². The lowest BCUT2D eigenvalue weighted by molar-refractivity contribution is -0.133. The topological polar surface area (TPSA) is 66.4 Å². The smallest absolute Gasteiger partial charge is 0.313 e. The molecule has 0 aliphatic carbocycles. The minimum absolute atomic E-state index is 0.0304. The zero-order chi connectivity index (χ0) is 13.4. The van der Waals surface area contributed by atoms with Gasteiger partial charge in [0.25, 0.3) is 0 Å². The molecule has 1 rings (SSSR count). The lowest BCUT2D eigenvalue weighted by Gasteiger charge is -2.12. The van der Waals surface area contributed by atoms with Crippen LogP contribution in [0.1, 0.15) is 18.4 Å². The number of hydrogen-bond acceptors (Lipinski definition) is 3. The maximum Gasteiger partial charge on any atom is 0.313 e. The molecule has 5 heteroatoms. The van der Waals surface area contributed by atoms with E-state index in [4.69, 9.17) is 5.11 Å². The summed E-state index contributed by atoms with van der Waals surface area (Å²) in [7, 11) is 0. The molecule has 0 fully saturated rings. The number of carboxylic acids is 1. The Hall–Kier alpha value is -1.49. The first kappa shape index (κ1) is 14.6. The van der Waals surface area contributed by atoms with Crippen LogP contribution in [0.15, 0.2) is 30.3 Å². The third-order valence-corrected chi connectivity index (χ3v) is 3.41. The fourth-order valence-electron chi connectivity index (χ4n) is 1.45. The highest BCUT2D eigenvalue weighted by atomic mass is 32.2. The first-order valence-electron chi connectivity index (χ1n) is 5.73. The number of amides is 1. The van der Waals surface area contributed by atoms with Crippen molar-refractivity contribution in [2.45, 2.75) is 12.8 Å². The van der Waals surface area contributed by atoms with Gasteiger partial charge < -0.3 is 10.4 Å². The van der Waals surface area contributed by atoms with Crippen molar-refractivity contribution in [3.05, 3.63) is 35.9 Å². The number of rotatable bonds is 7. The average molecular weight is 267 g/mol. The lowest BCUT2D eigenvalue weighted by atomic mass is 10.0. The number of carbonyl (C=O) groups excluding carboxylic acids is 1. The highest BCUT2D eigenvalue weighted by Gasteiger charge is 2.13. The molecular weight excluding hydrogens is 250 g/mol. The molecule has 0 aliphatic rings. The molecule has 1 unspecified atom stereocenters. The summed E-state index contributed by atoms with van der Waals surface area (Å²) in [6.45, 7) is 2.35. The van der Waals surface area contributed by atoms with Crippen LogP contribution >= 0.6 is 11.8 Å². The van der Waals surface area contributed by atoms with E-state index in [0.717, 1.165) is 5.56 Å². The maximum absolute atomic E-state index is 11.8. The molecule has 1 amide bonds. The maximum atomic E-state index is 11.8. The van der Waals surface area contributed by atoms with Gasteiger partial charge in [0, 0.05) is 12.3 Å². The quantitative estimate of drug-likeness (QED) is 0.738. The van der Waals surface area contributed by atoms with Gasteiger partial charge in [-0.3, -0.25) is 9.59 Å². The van der Waals surface area contributed by atoms with Crippen LogP contribution in [0.3, 0.4) is 0 Å². The largest absolute Gasteiger partial charge is 0.481 e. The predicted molar refractivity (Wildman–Crippen MR) is 72.8 cm³/mol. The number of aliphatic carboxylic acids is 1. The standard InChI is InChI=1S/C13H17NO3S/c1-10(11-5-3-2-4-6-11)13(17)14-7-8-18-9-12(15)16/h2-6,10H,7-9H2,1H3,(H,14,17)(H,15,16). The van der Waals surface area contributed by atoms with Crippen LogP contribution in [0.4, 0.5) is 0 Å². The van der Waals surface area contributed by atoms with Crippen molar-refractivity contribution >= 4 is 23.6 Å². The summed E-state index contributed by atoms with van der Waals surface area (Å²) < 4.78 is 0. The Morgan fingerprint density at radius 2 is 2.00 bits per heavy atom. The first-order chi connectivity index (χ1) is 8.61. The number of hydrogen-bond donors (Lipinski definition) is 2. The molecule has 1 aromatic carbocycles. The molecule has 0 aliphatic heterocycles. The summed E-state index contributed by atoms with van der Waals surface area (Å²) >= 11 is 1.30. The number of carbonyl (C=O) groups is 2. The summed E-state index contributed by atoms with van der Waals surface area (Å²) in [5.41, 5.74) is 0.980. The van der Waals surface area contributed by atoms with Crippen LogP contribution in [-0.2, 0) is 9.59 Å². The van der Waals surface area contributed by atoms with Gasteiger partial charge >= 0.3 is 5.97 Å². The van der Waals surface area contributed by atoms with Crippen LogP contribution in [0, 0.1) is 0 Å². The van der Waals surface area contributed by atoms with Crippen molar-refractivity contribution in [3.63, 3.8) is 0 Å². The second kappa shape index (κ2) is 7.76. The lowest BCUT2D eigenvalue weighted by Crippen LogP contribution is -2.30. The highest BCUT2D eigenvalue weighted by Crippen LogP contribution is 2.14. The van der Waals surface area contributed by atoms with Crippen molar-refractivity contribution in [2.75, 3.05) is 18.1 Å². The van der Waals surface area contributed by atoms with Crippen molar-refractivity contribution in [2.24, 2.45) is 0 Å². The fourth-order valence-corrected chi connectivity index (χ4v) is 2.02. The van der Waals surface area contributed by atoms with E-state index in [-0.39, 0.29) is 17.6 Å². The Morgan fingerprint density at radius 3 is 2.61 bits per heavy atom. The molecule has 0 bridgehead atoms. The van der Waals surface area contributed by atoms with Gasteiger partial charge in [0.05, 0.1) is 11.7 Å². The van der Waals surface area contributed by atoms with Gasteiger partial charge in [-0.1, -0.05) is 30.3 Å². The van der Waals surface area contributed by atoms with Crippen LogP contribution in [0.5, 0.6) is 0 Å². The molecule has 2 N–H and O–H groups in total. The van der Waals surface area contributed by atoms with E-state index in [1.165, 1.54) is 11.8 Å². The molecule has 0 saturated carbocycles. The number of carboxylic acid groups (broad SMARTS) is 1. The van der Waals surface area contributed by atoms with Gasteiger partial charge in [-0.15, -0.1) is 11.8 Å². The summed E-state index contributed by atoms with van der Waals surface area (Å²) in [6.07, 6.45) is 0. The zero-order valence-corrected chi connectivity index (χ0v) is 11.1. The zero-order valence-electron chi connectivity index (χ0n) is 10.3. The summed E-state index contributed by atoms with van der Waals surface area (Å²) in [5.74, 6) is -0.360. The number of nitrogens with one attached hydrogen (secondary N) is 1. The van der Waals surface area contributed by atoms with E-state index in [0.29, 0.717) is 12.3 Å². The van der Waals surface area contributed by atoms with Gasteiger partial charge in [0.15, 0.2) is 0 Å². The van der Waals surface area contributed by atoms with E-state index < -0.39 is 5.97 Å². The van der Waals surface area contributed by atoms with Gasteiger partial charge in [0.1, 0.15) is 0 Å².